The Labute approximate surface area is 161 Å². The molecule has 0 saturated heterocycles. The lowest BCUT2D eigenvalue weighted by atomic mass is 10.2. The van der Waals surface area contributed by atoms with Crippen LogP contribution in [0, 0.1) is 6.92 Å². The molecule has 0 bridgehead atoms. The van der Waals surface area contributed by atoms with Crippen LogP contribution in [0.3, 0.4) is 0 Å². The first-order valence-corrected chi connectivity index (χ1v) is 9.90. The van der Waals surface area contributed by atoms with Crippen LogP contribution in [0.5, 0.6) is 11.5 Å². The van der Waals surface area contributed by atoms with Gasteiger partial charge in [-0.2, -0.15) is 8.42 Å². The van der Waals surface area contributed by atoms with E-state index in [9.17, 15) is 8.42 Å². The second kappa shape index (κ2) is 7.31. The predicted molar refractivity (Wildman–Crippen MR) is 102 cm³/mol. The zero-order chi connectivity index (χ0) is 18.9. The molecule has 3 aromatic rings. The summed E-state index contributed by atoms with van der Waals surface area (Å²) in [6, 6.07) is 9.66. The van der Waals surface area contributed by atoms with Gasteiger partial charge in [-0.05, 0) is 49.7 Å². The maximum atomic E-state index is 12.9. The number of rotatable bonds is 5. The Bertz CT molecular complexity index is 1080. The van der Waals surface area contributed by atoms with Crippen LogP contribution in [0.4, 0.5) is 0 Å². The van der Waals surface area contributed by atoms with Crippen LogP contribution in [0.2, 0.25) is 10.0 Å². The molecule has 0 N–H and O–H groups in total. The Morgan fingerprint density at radius 2 is 1.88 bits per heavy atom. The van der Waals surface area contributed by atoms with E-state index in [1.54, 1.807) is 38.1 Å². The summed E-state index contributed by atoms with van der Waals surface area (Å²) >= 11 is 12.3. The van der Waals surface area contributed by atoms with Gasteiger partial charge in [0, 0.05) is 11.6 Å². The van der Waals surface area contributed by atoms with E-state index in [1.165, 1.54) is 18.3 Å². The summed E-state index contributed by atoms with van der Waals surface area (Å²) in [5.41, 5.74) is 1.01. The van der Waals surface area contributed by atoms with E-state index in [-0.39, 0.29) is 26.9 Å². The van der Waals surface area contributed by atoms with Crippen molar-refractivity contribution >= 4 is 44.2 Å². The molecule has 0 radical (unpaired) electrons. The minimum atomic E-state index is -4.21. The second-order valence-corrected chi connectivity index (χ2v) is 7.82. The molecular weight excluding hydrogens is 397 g/mol. The third kappa shape index (κ3) is 3.58. The lowest BCUT2D eigenvalue weighted by Crippen LogP contribution is -2.13. The maximum absolute atomic E-state index is 12.9. The van der Waals surface area contributed by atoms with Crippen molar-refractivity contribution in [1.29, 1.82) is 0 Å². The standard InChI is InChI=1S/C18H15Cl2NO4S/c1-3-24-15-7-6-11(2)9-16(15)26(22,23)25-18-14(20)10-13(19)12-5-4-8-21-17(12)18/h4-10H,3H2,1-2H3. The van der Waals surface area contributed by atoms with E-state index in [2.05, 4.69) is 4.98 Å². The van der Waals surface area contributed by atoms with Gasteiger partial charge < -0.3 is 8.92 Å². The van der Waals surface area contributed by atoms with Crippen LogP contribution in [0.25, 0.3) is 10.9 Å². The van der Waals surface area contributed by atoms with Gasteiger partial charge >= 0.3 is 10.1 Å². The van der Waals surface area contributed by atoms with Gasteiger partial charge in [0.1, 0.15) is 16.2 Å². The number of ether oxygens (including phenoxy) is 1. The molecule has 0 fully saturated rings. The molecule has 136 valence electrons. The highest BCUT2D eigenvalue weighted by molar-refractivity contribution is 7.87. The molecular formula is C18H15Cl2NO4S. The molecule has 26 heavy (non-hydrogen) atoms. The molecule has 1 aromatic heterocycles. The van der Waals surface area contributed by atoms with Gasteiger partial charge in [0.05, 0.1) is 16.7 Å². The normalized spacial score (nSPS) is 11.5. The van der Waals surface area contributed by atoms with Gasteiger partial charge in [0.2, 0.25) is 0 Å². The molecule has 0 amide bonds. The van der Waals surface area contributed by atoms with Crippen LogP contribution in [-0.4, -0.2) is 20.0 Å². The topological polar surface area (TPSA) is 65.5 Å². The van der Waals surface area contributed by atoms with Crippen molar-refractivity contribution in [1.82, 2.24) is 4.98 Å². The summed E-state index contributed by atoms with van der Waals surface area (Å²) in [6.07, 6.45) is 1.51. The Hall–Kier alpha value is -2.02. The zero-order valence-electron chi connectivity index (χ0n) is 14.0. The first-order valence-electron chi connectivity index (χ1n) is 7.74. The number of hydrogen-bond donors (Lipinski definition) is 0. The quantitative estimate of drug-likeness (QED) is 0.551. The molecule has 0 spiro atoms. The van der Waals surface area contributed by atoms with Gasteiger partial charge in [0.15, 0.2) is 5.75 Å². The monoisotopic (exact) mass is 411 g/mol. The van der Waals surface area contributed by atoms with Crippen LogP contribution in [0.15, 0.2) is 47.5 Å². The van der Waals surface area contributed by atoms with Crippen LogP contribution in [-0.2, 0) is 10.1 Å². The predicted octanol–water partition coefficient (Wildman–Crippen LogP) is 5.02. The summed E-state index contributed by atoms with van der Waals surface area (Å²) in [7, 11) is -4.21. The molecule has 0 atom stereocenters. The minimum Gasteiger partial charge on any atom is -0.492 e. The molecule has 3 rings (SSSR count). The van der Waals surface area contributed by atoms with Crippen molar-refractivity contribution in [3.05, 3.63) is 58.2 Å². The van der Waals surface area contributed by atoms with Gasteiger partial charge in [0.25, 0.3) is 0 Å². The van der Waals surface area contributed by atoms with Gasteiger partial charge in [-0.1, -0.05) is 29.3 Å². The Morgan fingerprint density at radius 1 is 1.12 bits per heavy atom. The fourth-order valence-corrected chi connectivity index (χ4v) is 4.25. The molecule has 0 aliphatic rings. The number of nitrogens with zero attached hydrogens (tertiary/aromatic N) is 1. The number of hydrogen-bond acceptors (Lipinski definition) is 5. The molecule has 1 heterocycles. The molecule has 0 aliphatic carbocycles. The van der Waals surface area contributed by atoms with Crippen LogP contribution >= 0.6 is 23.2 Å². The Morgan fingerprint density at radius 3 is 2.62 bits per heavy atom. The third-order valence-corrected chi connectivity index (χ3v) is 5.45. The SMILES string of the molecule is CCOc1ccc(C)cc1S(=O)(=O)Oc1c(Cl)cc(Cl)c2cccnc12. The number of pyridine rings is 1. The van der Waals surface area contributed by atoms with E-state index >= 15 is 0 Å². The van der Waals surface area contributed by atoms with E-state index in [0.717, 1.165) is 5.56 Å². The summed E-state index contributed by atoms with van der Waals surface area (Å²) in [5.74, 6) is 0.135. The van der Waals surface area contributed by atoms with Crippen LogP contribution in [0.1, 0.15) is 12.5 Å². The molecule has 0 saturated carbocycles. The smallest absolute Gasteiger partial charge is 0.343 e. The average molecular weight is 412 g/mol. The number of fused-ring (bicyclic) bond motifs is 1. The zero-order valence-corrected chi connectivity index (χ0v) is 16.3. The highest BCUT2D eigenvalue weighted by Crippen LogP contribution is 2.39. The summed E-state index contributed by atoms with van der Waals surface area (Å²) in [4.78, 5) is 4.09. The molecule has 5 nitrogen and oxygen atoms in total. The molecule has 0 aliphatic heterocycles. The Kier molecular flexibility index (Phi) is 5.27. The summed E-state index contributed by atoms with van der Waals surface area (Å²) in [5, 5.41) is 0.946. The molecule has 0 unspecified atom stereocenters. The van der Waals surface area contributed by atoms with Crippen molar-refractivity contribution in [2.75, 3.05) is 6.61 Å². The minimum absolute atomic E-state index is 0.0513. The fraction of sp³-hybridized carbons (Fsp3) is 0.167. The first-order chi connectivity index (χ1) is 12.3. The van der Waals surface area contributed by atoms with Crippen molar-refractivity contribution in [3.8, 4) is 11.5 Å². The lowest BCUT2D eigenvalue weighted by Gasteiger charge is -2.14. The number of aryl methyl sites for hydroxylation is 1. The molecule has 8 heteroatoms. The summed E-state index contributed by atoms with van der Waals surface area (Å²) < 4.78 is 36.6. The van der Waals surface area contributed by atoms with Crippen molar-refractivity contribution in [2.45, 2.75) is 18.7 Å². The fourth-order valence-electron chi connectivity index (χ4n) is 2.47. The largest absolute Gasteiger partial charge is 0.492 e. The van der Waals surface area contributed by atoms with Crippen molar-refractivity contribution in [3.63, 3.8) is 0 Å². The third-order valence-electron chi connectivity index (χ3n) is 3.61. The Balaban J connectivity index is 2.15. The lowest BCUT2D eigenvalue weighted by molar-refractivity contribution is 0.329. The highest BCUT2D eigenvalue weighted by Gasteiger charge is 2.25. The maximum Gasteiger partial charge on any atom is 0.343 e. The number of benzene rings is 2. The molecule has 2 aromatic carbocycles. The number of aromatic nitrogens is 1. The van der Waals surface area contributed by atoms with Crippen molar-refractivity contribution < 1.29 is 17.3 Å². The first kappa shape index (κ1) is 18.8. The van der Waals surface area contributed by atoms with Gasteiger partial charge in [-0.15, -0.1) is 0 Å². The van der Waals surface area contributed by atoms with E-state index in [4.69, 9.17) is 32.1 Å². The van der Waals surface area contributed by atoms with Crippen LogP contribution < -0.4 is 8.92 Å². The number of halogens is 2. The van der Waals surface area contributed by atoms with Crippen molar-refractivity contribution in [2.24, 2.45) is 0 Å². The van der Waals surface area contributed by atoms with E-state index < -0.39 is 10.1 Å². The van der Waals surface area contributed by atoms with Gasteiger partial charge in [-0.3, -0.25) is 4.98 Å². The highest BCUT2D eigenvalue weighted by atomic mass is 35.5. The second-order valence-electron chi connectivity index (χ2n) is 5.49. The average Bonchev–Trinajstić information content (AvgIpc) is 2.60. The van der Waals surface area contributed by atoms with Gasteiger partial charge in [-0.25, -0.2) is 0 Å². The van der Waals surface area contributed by atoms with E-state index in [0.29, 0.717) is 17.0 Å². The van der Waals surface area contributed by atoms with E-state index in [1.807, 2.05) is 0 Å². The summed E-state index contributed by atoms with van der Waals surface area (Å²) in [6.45, 7) is 3.86.